The molecule has 0 spiro atoms. The van der Waals surface area contributed by atoms with E-state index in [1.807, 2.05) is 13.8 Å². The van der Waals surface area contributed by atoms with Crippen LogP contribution in [0.2, 0.25) is 0 Å². The van der Waals surface area contributed by atoms with Crippen molar-refractivity contribution in [3.63, 3.8) is 0 Å². The fraction of sp³-hybridized carbons (Fsp3) is 0.900. The van der Waals surface area contributed by atoms with Gasteiger partial charge in [-0.05, 0) is 92.3 Å². The Hall–Kier alpha value is -0.950. The number of carbonyl (C=O) groups is 1. The summed E-state index contributed by atoms with van der Waals surface area (Å²) in [5.41, 5.74) is -2.28. The first-order chi connectivity index (χ1) is 16.6. The quantitative estimate of drug-likeness (QED) is 0.361. The summed E-state index contributed by atoms with van der Waals surface area (Å²) >= 11 is 0. The van der Waals surface area contributed by atoms with Gasteiger partial charge >= 0.3 is 5.97 Å². The predicted octanol–water partition coefficient (Wildman–Crippen LogP) is 4.15. The lowest BCUT2D eigenvalue weighted by atomic mass is 9.33. The highest BCUT2D eigenvalue weighted by Crippen LogP contribution is 2.76. The number of aliphatic hydroxyl groups is 4. The zero-order chi connectivity index (χ0) is 26.7. The maximum absolute atomic E-state index is 12.8. The van der Waals surface area contributed by atoms with Crippen molar-refractivity contribution in [2.45, 2.75) is 111 Å². The zero-order valence-corrected chi connectivity index (χ0v) is 23.0. The number of hydrogen-bond acceptors (Lipinski definition) is 5. The second-order valence-corrected chi connectivity index (χ2v) is 14.7. The highest BCUT2D eigenvalue weighted by atomic mass is 16.4. The lowest BCUT2D eigenvalue weighted by molar-refractivity contribution is -0.247. The van der Waals surface area contributed by atoms with Crippen LogP contribution in [0.15, 0.2) is 11.6 Å². The number of carboxylic acids is 1. The second-order valence-electron chi connectivity index (χ2n) is 14.7. The molecule has 0 amide bonds. The maximum atomic E-state index is 12.8. The van der Waals surface area contributed by atoms with Crippen LogP contribution in [0.3, 0.4) is 0 Å². The van der Waals surface area contributed by atoms with Crippen LogP contribution in [0.1, 0.15) is 92.9 Å². The van der Waals surface area contributed by atoms with E-state index in [-0.39, 0.29) is 40.6 Å². The maximum Gasteiger partial charge on any atom is 0.310 e. The molecular weight excluding hydrogens is 456 g/mol. The molecular formula is C30H48O6. The van der Waals surface area contributed by atoms with Gasteiger partial charge in [0.15, 0.2) is 0 Å². The molecule has 5 aliphatic carbocycles. The molecule has 12 atom stereocenters. The number of hydrogen-bond donors (Lipinski definition) is 5. The van der Waals surface area contributed by atoms with Crippen LogP contribution in [-0.2, 0) is 4.79 Å². The highest BCUT2D eigenvalue weighted by molar-refractivity contribution is 5.77. The van der Waals surface area contributed by atoms with E-state index < -0.39 is 40.5 Å². The van der Waals surface area contributed by atoms with Gasteiger partial charge in [0.1, 0.15) is 0 Å². The van der Waals surface area contributed by atoms with E-state index in [1.54, 1.807) is 0 Å². The molecule has 36 heavy (non-hydrogen) atoms. The normalized spacial score (nSPS) is 58.6. The lowest BCUT2D eigenvalue weighted by Gasteiger charge is -2.72. The highest BCUT2D eigenvalue weighted by Gasteiger charge is 2.72. The van der Waals surface area contributed by atoms with Gasteiger partial charge in [-0.3, -0.25) is 4.79 Å². The van der Waals surface area contributed by atoms with Gasteiger partial charge in [0.2, 0.25) is 0 Å². The smallest absolute Gasteiger partial charge is 0.310 e. The first-order valence-electron chi connectivity index (χ1n) is 14.2. The predicted molar refractivity (Wildman–Crippen MR) is 137 cm³/mol. The van der Waals surface area contributed by atoms with Gasteiger partial charge in [-0.2, -0.15) is 0 Å². The molecule has 0 unspecified atom stereocenters. The van der Waals surface area contributed by atoms with E-state index in [4.69, 9.17) is 0 Å². The molecule has 0 bridgehead atoms. The molecule has 0 heterocycles. The van der Waals surface area contributed by atoms with Crippen molar-refractivity contribution in [2.75, 3.05) is 6.61 Å². The average molecular weight is 505 g/mol. The van der Waals surface area contributed by atoms with Crippen molar-refractivity contribution in [3.8, 4) is 0 Å². The SMILES string of the molecule is C[C@H]1CC[C@@]2(C(=O)O)CC[C@@]3(C)C(=CC[C@H]4[C@]5(C)C[C@H](O)[C@@H](O)[C@](C)(CO)[C@H]5CC[C@@]43C)[C@H]2[C@@]1(C)O. The number of fused-ring (bicyclic) bond motifs is 7. The van der Waals surface area contributed by atoms with Gasteiger partial charge in [0.05, 0.1) is 29.8 Å². The monoisotopic (exact) mass is 504 g/mol. The minimum absolute atomic E-state index is 0.0252. The van der Waals surface area contributed by atoms with Gasteiger partial charge in [-0.1, -0.05) is 46.3 Å². The van der Waals surface area contributed by atoms with Gasteiger partial charge in [0.25, 0.3) is 0 Å². The van der Waals surface area contributed by atoms with E-state index in [0.29, 0.717) is 19.3 Å². The third-order valence-electron chi connectivity index (χ3n) is 13.6. The van der Waals surface area contributed by atoms with Crippen LogP contribution >= 0.6 is 0 Å². The molecule has 5 aliphatic rings. The van der Waals surface area contributed by atoms with E-state index >= 15 is 0 Å². The summed E-state index contributed by atoms with van der Waals surface area (Å²) in [6.45, 7) is 12.6. The molecule has 4 fully saturated rings. The Morgan fingerprint density at radius 1 is 1.00 bits per heavy atom. The zero-order valence-electron chi connectivity index (χ0n) is 23.0. The summed E-state index contributed by atoms with van der Waals surface area (Å²) < 4.78 is 0. The fourth-order valence-corrected chi connectivity index (χ4v) is 11.0. The Morgan fingerprint density at radius 2 is 1.67 bits per heavy atom. The average Bonchev–Trinajstić information content (AvgIpc) is 2.80. The van der Waals surface area contributed by atoms with Crippen molar-refractivity contribution in [1.29, 1.82) is 0 Å². The van der Waals surface area contributed by atoms with Crippen LogP contribution in [0.4, 0.5) is 0 Å². The van der Waals surface area contributed by atoms with Crippen molar-refractivity contribution in [3.05, 3.63) is 11.6 Å². The first-order valence-corrected chi connectivity index (χ1v) is 14.2. The Labute approximate surface area is 216 Å². The third kappa shape index (κ3) is 2.91. The van der Waals surface area contributed by atoms with Crippen LogP contribution in [0.25, 0.3) is 0 Å². The molecule has 6 heteroatoms. The Morgan fingerprint density at radius 3 is 2.28 bits per heavy atom. The van der Waals surface area contributed by atoms with Crippen molar-refractivity contribution >= 4 is 5.97 Å². The number of carboxylic acid groups (broad SMARTS) is 1. The summed E-state index contributed by atoms with van der Waals surface area (Å²) in [5.74, 6) is -0.834. The van der Waals surface area contributed by atoms with E-state index in [0.717, 1.165) is 37.7 Å². The summed E-state index contributed by atoms with van der Waals surface area (Å²) in [6, 6.07) is 0. The van der Waals surface area contributed by atoms with Gasteiger partial charge in [-0.15, -0.1) is 0 Å². The number of aliphatic carboxylic acids is 1. The van der Waals surface area contributed by atoms with E-state index in [9.17, 15) is 30.3 Å². The molecule has 4 saturated carbocycles. The standard InChI is InChI=1S/C30H48O6/c1-17-9-12-30(24(34)35)14-13-27(4)18(22(30)29(17,6)36)7-8-21-25(2)15-19(32)23(33)26(3,16-31)20(25)10-11-28(21,27)5/h7,17,19-23,31-33,36H,8-16H2,1-6H3,(H,34,35)/t17-,19-,20-,21-,22-,23+,25+,26+,27-,28-,29-,30+/m0/s1. The molecule has 0 aromatic carbocycles. The van der Waals surface area contributed by atoms with Crippen molar-refractivity contribution in [1.82, 2.24) is 0 Å². The van der Waals surface area contributed by atoms with Gasteiger partial charge < -0.3 is 25.5 Å². The van der Waals surface area contributed by atoms with Crippen LogP contribution in [0, 0.1) is 50.7 Å². The van der Waals surface area contributed by atoms with Crippen molar-refractivity contribution < 1.29 is 30.3 Å². The molecule has 5 N–H and O–H groups in total. The number of aliphatic hydroxyl groups excluding tert-OH is 3. The van der Waals surface area contributed by atoms with E-state index in [2.05, 4.69) is 33.8 Å². The summed E-state index contributed by atoms with van der Waals surface area (Å²) in [5, 5.41) is 54.8. The molecule has 5 rings (SSSR count). The molecule has 0 aromatic heterocycles. The molecule has 0 saturated heterocycles. The molecule has 204 valence electrons. The summed E-state index contributed by atoms with van der Waals surface area (Å²) in [6.07, 6.45) is 6.20. The van der Waals surface area contributed by atoms with Crippen LogP contribution in [-0.4, -0.2) is 55.9 Å². The topological polar surface area (TPSA) is 118 Å². The third-order valence-corrected chi connectivity index (χ3v) is 13.6. The molecule has 0 aliphatic heterocycles. The van der Waals surface area contributed by atoms with Gasteiger partial charge in [0, 0.05) is 11.3 Å². The van der Waals surface area contributed by atoms with E-state index in [1.165, 1.54) is 0 Å². The Kier molecular flexibility index (Phi) is 5.77. The second kappa shape index (κ2) is 7.80. The number of allylic oxidation sites excluding steroid dienone is 1. The molecule has 0 radical (unpaired) electrons. The first kappa shape index (κ1) is 26.6. The van der Waals surface area contributed by atoms with Gasteiger partial charge in [-0.25, -0.2) is 0 Å². The Bertz CT molecular complexity index is 974. The Balaban J connectivity index is 1.65. The molecule has 0 aromatic rings. The minimum Gasteiger partial charge on any atom is -0.481 e. The van der Waals surface area contributed by atoms with Crippen molar-refractivity contribution in [2.24, 2.45) is 50.7 Å². The summed E-state index contributed by atoms with van der Waals surface area (Å²) in [4.78, 5) is 12.8. The number of rotatable bonds is 2. The minimum atomic E-state index is -1.09. The largest absolute Gasteiger partial charge is 0.481 e. The van der Waals surface area contributed by atoms with Crippen LogP contribution in [0.5, 0.6) is 0 Å². The lowest BCUT2D eigenvalue weighted by Crippen LogP contribution is -2.69. The molecule has 6 nitrogen and oxygen atoms in total. The fourth-order valence-electron chi connectivity index (χ4n) is 11.0. The van der Waals surface area contributed by atoms with Crippen LogP contribution < -0.4 is 0 Å². The summed E-state index contributed by atoms with van der Waals surface area (Å²) in [7, 11) is 0.